The number of halogens is 2. The van der Waals surface area contributed by atoms with Gasteiger partial charge in [-0.1, -0.05) is 42.1 Å². The fourth-order valence-corrected chi connectivity index (χ4v) is 5.75. The first-order valence-corrected chi connectivity index (χ1v) is 10.7. The van der Waals surface area contributed by atoms with Gasteiger partial charge in [0.1, 0.15) is 16.7 Å². The van der Waals surface area contributed by atoms with E-state index in [-0.39, 0.29) is 0 Å². The van der Waals surface area contributed by atoms with E-state index in [1.54, 1.807) is 24.0 Å². The van der Waals surface area contributed by atoms with Crippen LogP contribution in [-0.2, 0) is 0 Å². The first-order valence-electron chi connectivity index (χ1n) is 9.88. The molecule has 0 amide bonds. The fourth-order valence-electron chi connectivity index (χ4n) is 4.64. The summed E-state index contributed by atoms with van der Waals surface area (Å²) >= 11 is 1.58. The zero-order valence-electron chi connectivity index (χ0n) is 16.0. The van der Waals surface area contributed by atoms with Crippen LogP contribution in [0.15, 0.2) is 82.8 Å². The van der Waals surface area contributed by atoms with Gasteiger partial charge in [-0.15, -0.1) is 0 Å². The van der Waals surface area contributed by atoms with Gasteiger partial charge in [0.2, 0.25) is 0 Å². The second-order valence-corrected chi connectivity index (χ2v) is 8.77. The summed E-state index contributed by atoms with van der Waals surface area (Å²) in [4.78, 5) is 10.6. The number of fused-ring (bicyclic) bond motifs is 7. The van der Waals surface area contributed by atoms with Crippen molar-refractivity contribution in [1.82, 2.24) is 9.97 Å². The Bertz CT molecular complexity index is 1740. The molecule has 5 heteroatoms. The molecule has 0 spiro atoms. The van der Waals surface area contributed by atoms with Gasteiger partial charge in [-0.25, -0.2) is 13.8 Å². The van der Waals surface area contributed by atoms with Gasteiger partial charge in [-0.3, -0.25) is 4.98 Å². The van der Waals surface area contributed by atoms with E-state index in [0.717, 1.165) is 59.7 Å². The van der Waals surface area contributed by atoms with Gasteiger partial charge >= 0.3 is 0 Å². The average Bonchev–Trinajstić information content (AvgIpc) is 2.78. The summed E-state index contributed by atoms with van der Waals surface area (Å²) in [7, 11) is 0. The van der Waals surface area contributed by atoms with Crippen molar-refractivity contribution in [3.05, 3.63) is 84.6 Å². The van der Waals surface area contributed by atoms with Gasteiger partial charge in [-0.2, -0.15) is 0 Å². The molecule has 1 aliphatic heterocycles. The monoisotopic (exact) mass is 422 g/mol. The second-order valence-electron chi connectivity index (χ2n) is 7.74. The number of para-hydroxylation sites is 1. The smallest absolute Gasteiger partial charge is 0.133 e. The van der Waals surface area contributed by atoms with Crippen molar-refractivity contribution in [2.24, 2.45) is 0 Å². The van der Waals surface area contributed by atoms with Crippen LogP contribution in [0.2, 0.25) is 0 Å². The lowest BCUT2D eigenvalue weighted by Gasteiger charge is -2.21. The third-order valence-electron chi connectivity index (χ3n) is 6.01. The maximum atomic E-state index is 14.4. The van der Waals surface area contributed by atoms with E-state index in [4.69, 9.17) is 9.97 Å². The van der Waals surface area contributed by atoms with E-state index >= 15 is 0 Å². The van der Waals surface area contributed by atoms with E-state index in [9.17, 15) is 8.78 Å². The molecular weight excluding hydrogens is 410 g/mol. The summed E-state index contributed by atoms with van der Waals surface area (Å²) < 4.78 is 28.5. The summed E-state index contributed by atoms with van der Waals surface area (Å²) in [6.07, 6.45) is 1.80. The van der Waals surface area contributed by atoms with E-state index in [2.05, 4.69) is 12.1 Å². The van der Waals surface area contributed by atoms with Crippen molar-refractivity contribution in [3.8, 4) is 11.3 Å². The molecule has 0 radical (unpaired) electrons. The Balaban J connectivity index is 1.65. The molecule has 7 rings (SSSR count). The van der Waals surface area contributed by atoms with Gasteiger partial charge in [0.25, 0.3) is 0 Å². The lowest BCUT2D eigenvalue weighted by Crippen LogP contribution is -1.99. The molecule has 0 saturated heterocycles. The van der Waals surface area contributed by atoms with Gasteiger partial charge in [-0.05, 0) is 51.9 Å². The van der Waals surface area contributed by atoms with Crippen LogP contribution in [0, 0.1) is 11.6 Å². The first kappa shape index (κ1) is 17.1. The van der Waals surface area contributed by atoms with E-state index < -0.39 is 11.6 Å². The molecule has 4 aromatic carbocycles. The predicted octanol–water partition coefficient (Wildman–Crippen LogP) is 7.50. The number of nitrogens with zero attached hydrogens (tertiary/aromatic N) is 2. The molecule has 0 atom stereocenters. The van der Waals surface area contributed by atoms with Crippen molar-refractivity contribution >= 4 is 55.0 Å². The number of aromatic nitrogens is 2. The number of hydrogen-bond donors (Lipinski definition) is 0. The standard InChI is InChI=1S/C26H12F2N2S/c27-14-10-18-16(21(28)11-14)6-5-15-17-7-8-29-25-20-9-13-3-1-2-4-22(13)30-26(20)31-23(24(17)25)12-19(15)18/h1-12H. The van der Waals surface area contributed by atoms with Gasteiger partial charge < -0.3 is 0 Å². The van der Waals surface area contributed by atoms with Crippen LogP contribution in [-0.4, -0.2) is 9.97 Å². The van der Waals surface area contributed by atoms with Crippen LogP contribution in [0.5, 0.6) is 0 Å². The van der Waals surface area contributed by atoms with E-state index in [0.29, 0.717) is 10.8 Å². The summed E-state index contributed by atoms with van der Waals surface area (Å²) in [5, 5.41) is 6.82. The molecule has 2 nitrogen and oxygen atoms in total. The minimum absolute atomic E-state index is 0.417. The Morgan fingerprint density at radius 3 is 2.52 bits per heavy atom. The van der Waals surface area contributed by atoms with Crippen molar-refractivity contribution in [2.45, 2.75) is 9.92 Å². The topological polar surface area (TPSA) is 25.8 Å². The summed E-state index contributed by atoms with van der Waals surface area (Å²) in [6.45, 7) is 0. The molecule has 0 unspecified atom stereocenters. The highest BCUT2D eigenvalue weighted by Gasteiger charge is 2.24. The predicted molar refractivity (Wildman–Crippen MR) is 122 cm³/mol. The third-order valence-corrected chi connectivity index (χ3v) is 7.05. The van der Waals surface area contributed by atoms with Crippen molar-refractivity contribution in [2.75, 3.05) is 0 Å². The molecule has 146 valence electrons. The molecule has 0 bridgehead atoms. The van der Waals surface area contributed by atoms with E-state index in [1.165, 1.54) is 6.07 Å². The highest BCUT2D eigenvalue weighted by molar-refractivity contribution is 7.99. The highest BCUT2D eigenvalue weighted by Crippen LogP contribution is 2.49. The quantitative estimate of drug-likeness (QED) is 0.237. The third kappa shape index (κ3) is 2.32. The molecule has 1 aliphatic rings. The van der Waals surface area contributed by atoms with Crippen molar-refractivity contribution < 1.29 is 8.78 Å². The van der Waals surface area contributed by atoms with Crippen LogP contribution in [0.4, 0.5) is 8.78 Å². The van der Waals surface area contributed by atoms with E-state index in [1.807, 2.05) is 36.4 Å². The maximum Gasteiger partial charge on any atom is 0.133 e. The number of benzene rings is 4. The number of rotatable bonds is 0. The van der Waals surface area contributed by atoms with Crippen molar-refractivity contribution in [1.29, 1.82) is 0 Å². The summed E-state index contributed by atoms with van der Waals surface area (Å²) in [5.74, 6) is -1.13. The SMILES string of the molecule is Fc1cc(F)c2ccc3c4ccnc5c4c(cc3c2c1)Sc1nc2ccccc2cc1-5. The van der Waals surface area contributed by atoms with Crippen LogP contribution in [0.3, 0.4) is 0 Å². The number of hydrogen-bond acceptors (Lipinski definition) is 3. The molecule has 0 fully saturated rings. The molecule has 2 aromatic heterocycles. The summed E-state index contributed by atoms with van der Waals surface area (Å²) in [5.41, 5.74) is 2.84. The number of pyridine rings is 2. The first-order chi connectivity index (χ1) is 15.2. The Kier molecular flexibility index (Phi) is 3.31. The Labute approximate surface area is 179 Å². The molecule has 6 aromatic rings. The average molecular weight is 422 g/mol. The second kappa shape index (κ2) is 5.99. The fraction of sp³-hybridized carbons (Fsp3) is 0. The van der Waals surface area contributed by atoms with Gasteiger partial charge in [0.05, 0.1) is 11.2 Å². The Morgan fingerprint density at radius 2 is 1.58 bits per heavy atom. The van der Waals surface area contributed by atoms with Crippen LogP contribution < -0.4 is 0 Å². The molecule has 0 saturated carbocycles. The zero-order chi connectivity index (χ0) is 20.7. The largest absolute Gasteiger partial charge is 0.255 e. The summed E-state index contributed by atoms with van der Waals surface area (Å²) in [6, 6.07) is 20.2. The van der Waals surface area contributed by atoms with Crippen LogP contribution >= 0.6 is 11.8 Å². The zero-order valence-corrected chi connectivity index (χ0v) is 16.8. The molecular formula is C26H12F2N2S. The minimum Gasteiger partial charge on any atom is -0.255 e. The molecule has 31 heavy (non-hydrogen) atoms. The Hall–Kier alpha value is -3.57. The van der Waals surface area contributed by atoms with Crippen LogP contribution in [0.1, 0.15) is 0 Å². The molecule has 0 N–H and O–H groups in total. The van der Waals surface area contributed by atoms with Gasteiger partial charge in [0, 0.05) is 38.9 Å². The van der Waals surface area contributed by atoms with Crippen LogP contribution in [0.25, 0.3) is 54.5 Å². The lowest BCUT2D eigenvalue weighted by atomic mass is 9.95. The van der Waals surface area contributed by atoms with Gasteiger partial charge in [0.15, 0.2) is 0 Å². The normalized spacial score (nSPS) is 12.7. The van der Waals surface area contributed by atoms with Crippen molar-refractivity contribution in [3.63, 3.8) is 0 Å². The Morgan fingerprint density at radius 1 is 0.742 bits per heavy atom. The lowest BCUT2D eigenvalue weighted by molar-refractivity contribution is 0.592. The highest BCUT2D eigenvalue weighted by atomic mass is 32.2. The molecule has 3 heterocycles. The molecule has 0 aliphatic carbocycles. The minimum atomic E-state index is -0.576. The maximum absolute atomic E-state index is 14.4.